The van der Waals surface area contributed by atoms with Crippen molar-refractivity contribution < 1.29 is 23.9 Å². The average Bonchev–Trinajstić information content (AvgIpc) is 2.77. The van der Waals surface area contributed by atoms with Gasteiger partial charge in [0.25, 0.3) is 5.91 Å². The number of piperidine rings is 1. The second-order valence-electron chi connectivity index (χ2n) is 7.08. The van der Waals surface area contributed by atoms with E-state index in [1.54, 1.807) is 11.0 Å². The fourth-order valence-corrected chi connectivity index (χ4v) is 3.61. The molecule has 29 heavy (non-hydrogen) atoms. The third-order valence-electron chi connectivity index (χ3n) is 5.02. The lowest BCUT2D eigenvalue weighted by molar-refractivity contribution is -0.145. The molecule has 2 N–H and O–H groups in total. The first-order valence-corrected chi connectivity index (χ1v) is 10.4. The van der Waals surface area contributed by atoms with E-state index in [-0.39, 0.29) is 49.2 Å². The second-order valence-corrected chi connectivity index (χ2v) is 7.35. The Morgan fingerprint density at radius 2 is 1.90 bits per heavy atom. The monoisotopic (exact) mass is 423 g/mol. The molecule has 1 aromatic carbocycles. The zero-order valence-corrected chi connectivity index (χ0v) is 17.0. The summed E-state index contributed by atoms with van der Waals surface area (Å²) < 4.78 is 11.5. The summed E-state index contributed by atoms with van der Waals surface area (Å²) in [6, 6.07) is 7.20. The highest BCUT2D eigenvalue weighted by Crippen LogP contribution is 2.32. The van der Waals surface area contributed by atoms with Gasteiger partial charge in [-0.2, -0.15) is 0 Å². The number of para-hydroxylation sites is 2. The van der Waals surface area contributed by atoms with Gasteiger partial charge in [-0.3, -0.25) is 14.4 Å². The van der Waals surface area contributed by atoms with Crippen LogP contribution < -0.4 is 20.1 Å². The van der Waals surface area contributed by atoms with Gasteiger partial charge in [-0.15, -0.1) is 11.6 Å². The molecule has 3 amide bonds. The molecule has 0 bridgehead atoms. The van der Waals surface area contributed by atoms with Crippen LogP contribution in [0.25, 0.3) is 0 Å². The van der Waals surface area contributed by atoms with Crippen molar-refractivity contribution in [2.45, 2.75) is 37.8 Å². The maximum atomic E-state index is 13.0. The van der Waals surface area contributed by atoms with Gasteiger partial charge < -0.3 is 25.0 Å². The van der Waals surface area contributed by atoms with E-state index in [4.69, 9.17) is 21.1 Å². The molecule has 2 heterocycles. The number of ether oxygens (including phenoxy) is 2. The highest BCUT2D eigenvalue weighted by atomic mass is 35.5. The maximum Gasteiger partial charge on any atom is 0.267 e. The largest absolute Gasteiger partial charge is 0.485 e. The molecule has 1 saturated heterocycles. The van der Waals surface area contributed by atoms with Crippen LogP contribution in [0, 0.1) is 0 Å². The number of amides is 3. The highest BCUT2D eigenvalue weighted by molar-refractivity contribution is 6.27. The Morgan fingerprint density at radius 1 is 1.10 bits per heavy atom. The molecule has 3 rings (SSSR count). The molecule has 0 aliphatic carbocycles. The summed E-state index contributed by atoms with van der Waals surface area (Å²) in [5, 5.41) is 5.41. The zero-order chi connectivity index (χ0) is 20.6. The lowest BCUT2D eigenvalue weighted by atomic mass is 10.0. The van der Waals surface area contributed by atoms with Crippen molar-refractivity contribution in [3.63, 3.8) is 0 Å². The first-order valence-electron chi connectivity index (χ1n) is 9.87. The van der Waals surface area contributed by atoms with Gasteiger partial charge in [0.2, 0.25) is 17.9 Å². The molecule has 0 spiro atoms. The fourth-order valence-electron chi connectivity index (χ4n) is 3.51. The van der Waals surface area contributed by atoms with Gasteiger partial charge in [0.15, 0.2) is 11.5 Å². The summed E-state index contributed by atoms with van der Waals surface area (Å²) in [6.07, 6.45) is 2.22. The van der Waals surface area contributed by atoms with Crippen LogP contribution in [0.1, 0.15) is 25.7 Å². The number of nitrogens with zero attached hydrogens (tertiary/aromatic N) is 1. The van der Waals surface area contributed by atoms with E-state index in [0.29, 0.717) is 24.6 Å². The predicted molar refractivity (Wildman–Crippen MR) is 107 cm³/mol. The Labute approximate surface area is 174 Å². The molecule has 2 aliphatic heterocycles. The Kier molecular flexibility index (Phi) is 7.57. The van der Waals surface area contributed by atoms with Crippen LogP contribution in [0.5, 0.6) is 11.5 Å². The molecule has 2 atom stereocenters. The van der Waals surface area contributed by atoms with Gasteiger partial charge in [-0.25, -0.2) is 0 Å². The van der Waals surface area contributed by atoms with Crippen molar-refractivity contribution in [2.24, 2.45) is 0 Å². The first-order chi connectivity index (χ1) is 14.1. The van der Waals surface area contributed by atoms with Crippen LogP contribution in [0.3, 0.4) is 0 Å². The summed E-state index contributed by atoms with van der Waals surface area (Å²) in [7, 11) is 0. The van der Waals surface area contributed by atoms with Crippen LogP contribution in [0.4, 0.5) is 0 Å². The van der Waals surface area contributed by atoms with Crippen molar-refractivity contribution >= 4 is 29.3 Å². The summed E-state index contributed by atoms with van der Waals surface area (Å²) in [5.74, 6) is 0.480. The van der Waals surface area contributed by atoms with E-state index in [1.165, 1.54) is 0 Å². The van der Waals surface area contributed by atoms with Crippen molar-refractivity contribution in [2.75, 3.05) is 32.1 Å². The fraction of sp³-hybridized carbons (Fsp3) is 0.550. The summed E-state index contributed by atoms with van der Waals surface area (Å²) in [4.78, 5) is 38.0. The molecular weight excluding hydrogens is 398 g/mol. The minimum absolute atomic E-state index is 0.0848. The number of nitrogens with one attached hydrogen (secondary N) is 2. The lowest BCUT2D eigenvalue weighted by Crippen LogP contribution is -2.55. The highest BCUT2D eigenvalue weighted by Gasteiger charge is 2.35. The minimum Gasteiger partial charge on any atom is -0.485 e. The van der Waals surface area contributed by atoms with Crippen LogP contribution in [0.15, 0.2) is 24.3 Å². The number of hydrogen-bond acceptors (Lipinski definition) is 5. The maximum absolute atomic E-state index is 13.0. The molecule has 9 heteroatoms. The molecule has 2 aliphatic rings. The van der Waals surface area contributed by atoms with Crippen LogP contribution in [-0.4, -0.2) is 66.9 Å². The van der Waals surface area contributed by atoms with Gasteiger partial charge in [-0.1, -0.05) is 12.1 Å². The van der Waals surface area contributed by atoms with Crippen LogP contribution in [-0.2, 0) is 14.4 Å². The summed E-state index contributed by atoms with van der Waals surface area (Å²) in [6.45, 7) is 1.41. The molecule has 2 unspecified atom stereocenters. The molecule has 0 radical (unpaired) electrons. The molecule has 158 valence electrons. The summed E-state index contributed by atoms with van der Waals surface area (Å²) >= 11 is 5.40. The van der Waals surface area contributed by atoms with Gasteiger partial charge >= 0.3 is 0 Å². The van der Waals surface area contributed by atoms with Crippen LogP contribution >= 0.6 is 11.6 Å². The van der Waals surface area contributed by atoms with Crippen molar-refractivity contribution in [1.82, 2.24) is 15.5 Å². The smallest absolute Gasteiger partial charge is 0.267 e. The molecule has 8 nitrogen and oxygen atoms in total. The minimum atomic E-state index is -0.688. The molecular formula is C20H26ClN3O5. The first kappa shape index (κ1) is 21.2. The third kappa shape index (κ3) is 5.76. The number of halogens is 1. The third-order valence-corrected chi connectivity index (χ3v) is 5.27. The Balaban J connectivity index is 1.51. The van der Waals surface area contributed by atoms with Gasteiger partial charge in [0, 0.05) is 32.1 Å². The number of benzene rings is 1. The van der Waals surface area contributed by atoms with E-state index < -0.39 is 6.10 Å². The van der Waals surface area contributed by atoms with E-state index in [2.05, 4.69) is 10.6 Å². The predicted octanol–water partition coefficient (Wildman–Crippen LogP) is 1.07. The number of likely N-dealkylation sites (tertiary alicyclic amines) is 1. The van der Waals surface area contributed by atoms with E-state index in [9.17, 15) is 14.4 Å². The van der Waals surface area contributed by atoms with E-state index >= 15 is 0 Å². The van der Waals surface area contributed by atoms with Gasteiger partial charge in [0.05, 0.1) is 0 Å². The topological polar surface area (TPSA) is 97.0 Å². The number of carbonyl (C=O) groups is 3. The molecule has 1 fully saturated rings. The Bertz CT molecular complexity index is 745. The SMILES string of the molecule is O=C(CCl)NCCC(=O)NCC1CCCCN1C(=O)C1COc2ccccc2O1. The standard InChI is InChI=1S/C20H26ClN3O5/c21-11-19(26)22-9-8-18(25)23-12-14-5-3-4-10-24(14)20(27)17-13-28-15-6-1-2-7-16(15)29-17/h1-2,6-7,14,17H,3-5,8-13H2,(H,22,26)(H,23,25). The van der Waals surface area contributed by atoms with Crippen molar-refractivity contribution in [1.29, 1.82) is 0 Å². The van der Waals surface area contributed by atoms with Crippen molar-refractivity contribution in [3.8, 4) is 11.5 Å². The zero-order valence-electron chi connectivity index (χ0n) is 16.2. The number of alkyl halides is 1. The van der Waals surface area contributed by atoms with E-state index in [1.807, 2.05) is 18.2 Å². The van der Waals surface area contributed by atoms with Gasteiger partial charge in [-0.05, 0) is 31.4 Å². The number of carbonyl (C=O) groups excluding carboxylic acids is 3. The molecule has 0 saturated carbocycles. The number of rotatable bonds is 7. The van der Waals surface area contributed by atoms with Crippen molar-refractivity contribution in [3.05, 3.63) is 24.3 Å². The quantitative estimate of drug-likeness (QED) is 0.639. The Morgan fingerprint density at radius 3 is 2.69 bits per heavy atom. The molecule has 1 aromatic rings. The molecule has 0 aromatic heterocycles. The number of hydrogen-bond donors (Lipinski definition) is 2. The van der Waals surface area contributed by atoms with E-state index in [0.717, 1.165) is 19.3 Å². The number of fused-ring (bicyclic) bond motifs is 1. The van der Waals surface area contributed by atoms with Gasteiger partial charge in [0.1, 0.15) is 12.5 Å². The normalized spacial score (nSPS) is 20.7. The summed E-state index contributed by atoms with van der Waals surface area (Å²) in [5.41, 5.74) is 0. The Hall–Kier alpha value is -2.48. The average molecular weight is 424 g/mol. The second kappa shape index (κ2) is 10.3. The lowest BCUT2D eigenvalue weighted by Gasteiger charge is -2.38. The van der Waals surface area contributed by atoms with Crippen LogP contribution in [0.2, 0.25) is 0 Å².